The Labute approximate surface area is 163 Å². The van der Waals surface area contributed by atoms with Crippen LogP contribution >= 0.6 is 0 Å². The first-order valence-electron chi connectivity index (χ1n) is 10.1. The van der Waals surface area contributed by atoms with E-state index < -0.39 is 5.97 Å². The molecule has 0 saturated heterocycles. The number of unbranched alkanes of at least 4 members (excludes halogenated alkanes) is 9. The molecule has 0 radical (unpaired) electrons. The fraction of sp³-hybridized carbons (Fsp3) is 0.545. The van der Waals surface area contributed by atoms with E-state index in [1.165, 1.54) is 76.3 Å². The highest BCUT2D eigenvalue weighted by Crippen LogP contribution is 2.14. The number of aromatic nitrogens is 2. The molecule has 27 heavy (non-hydrogen) atoms. The maximum absolute atomic E-state index is 10.3. The van der Waals surface area contributed by atoms with Crippen LogP contribution in [0.4, 0.5) is 0 Å². The molecule has 2 aromatic rings. The maximum Gasteiger partial charge on any atom is 0.339 e. The predicted octanol–water partition coefficient (Wildman–Crippen LogP) is 5.89. The first-order chi connectivity index (χ1) is 13.1. The number of aromatic hydroxyl groups is 1. The Morgan fingerprint density at radius 2 is 1.56 bits per heavy atom. The normalized spacial score (nSPS) is 10.3. The van der Waals surface area contributed by atoms with Crippen LogP contribution in [0.15, 0.2) is 43.0 Å². The monoisotopic (exact) mass is 374 g/mol. The SMILES string of the molecule is CCCCCCCCCCCCn1ccnc1.O=C(O)c1ccccc1O. The maximum atomic E-state index is 10.3. The summed E-state index contributed by atoms with van der Waals surface area (Å²) in [5, 5.41) is 17.3. The molecular weight excluding hydrogens is 340 g/mol. The second kappa shape index (κ2) is 14.8. The van der Waals surface area contributed by atoms with E-state index >= 15 is 0 Å². The molecule has 150 valence electrons. The third-order valence-electron chi connectivity index (χ3n) is 4.46. The molecule has 0 aliphatic rings. The predicted molar refractivity (Wildman–Crippen MR) is 109 cm³/mol. The van der Waals surface area contributed by atoms with Crippen LogP contribution in [-0.4, -0.2) is 25.7 Å². The number of imidazole rings is 1. The van der Waals surface area contributed by atoms with Crippen molar-refractivity contribution in [3.05, 3.63) is 48.5 Å². The van der Waals surface area contributed by atoms with Crippen molar-refractivity contribution in [3.63, 3.8) is 0 Å². The minimum atomic E-state index is -1.11. The third kappa shape index (κ3) is 11.1. The summed E-state index contributed by atoms with van der Waals surface area (Å²) in [5.74, 6) is -1.31. The molecule has 1 aromatic carbocycles. The van der Waals surface area contributed by atoms with Crippen molar-refractivity contribution >= 4 is 5.97 Å². The lowest BCUT2D eigenvalue weighted by atomic mass is 10.1. The standard InChI is InChI=1S/C15H28N2.C7H6O3/c1-2-3-4-5-6-7-8-9-10-11-13-17-14-12-16-15-17;8-6-4-2-1-3-5(6)7(9)10/h12,14-15H,2-11,13H2,1H3;1-4,8H,(H,9,10). The second-order valence-electron chi connectivity index (χ2n) is 6.80. The molecule has 0 saturated carbocycles. The van der Waals surface area contributed by atoms with E-state index in [9.17, 15) is 4.79 Å². The number of hydrogen-bond acceptors (Lipinski definition) is 3. The number of aromatic carboxylic acids is 1. The van der Waals surface area contributed by atoms with Gasteiger partial charge in [-0.25, -0.2) is 9.78 Å². The number of aryl methyl sites for hydroxylation is 1. The Morgan fingerprint density at radius 1 is 0.963 bits per heavy atom. The van der Waals surface area contributed by atoms with Gasteiger partial charge in [0.1, 0.15) is 11.3 Å². The topological polar surface area (TPSA) is 75.4 Å². The number of para-hydroxylation sites is 1. The van der Waals surface area contributed by atoms with Gasteiger partial charge in [-0.3, -0.25) is 0 Å². The molecule has 5 heteroatoms. The van der Waals surface area contributed by atoms with Crippen LogP contribution in [0.2, 0.25) is 0 Å². The fourth-order valence-electron chi connectivity index (χ4n) is 2.86. The quantitative estimate of drug-likeness (QED) is 0.454. The zero-order chi connectivity index (χ0) is 19.7. The number of carbonyl (C=O) groups is 1. The van der Waals surface area contributed by atoms with Crippen molar-refractivity contribution in [2.24, 2.45) is 0 Å². The molecule has 5 nitrogen and oxygen atoms in total. The molecule has 0 aliphatic carbocycles. The van der Waals surface area contributed by atoms with Gasteiger partial charge in [0, 0.05) is 18.9 Å². The number of rotatable bonds is 12. The van der Waals surface area contributed by atoms with Crippen LogP contribution in [0.1, 0.15) is 81.5 Å². The van der Waals surface area contributed by atoms with Crippen LogP contribution in [0.25, 0.3) is 0 Å². The zero-order valence-electron chi connectivity index (χ0n) is 16.5. The van der Waals surface area contributed by atoms with Gasteiger partial charge in [-0.1, -0.05) is 76.8 Å². The Kier molecular flexibility index (Phi) is 12.5. The lowest BCUT2D eigenvalue weighted by Crippen LogP contribution is -1.95. The molecule has 2 N–H and O–H groups in total. The summed E-state index contributed by atoms with van der Waals surface area (Å²) in [6.07, 6.45) is 19.9. The first-order valence-corrected chi connectivity index (χ1v) is 10.1. The number of hydrogen-bond donors (Lipinski definition) is 2. The molecule has 0 atom stereocenters. The van der Waals surface area contributed by atoms with Gasteiger partial charge in [-0.05, 0) is 18.6 Å². The van der Waals surface area contributed by atoms with E-state index in [0.29, 0.717) is 0 Å². The van der Waals surface area contributed by atoms with Crippen molar-refractivity contribution < 1.29 is 15.0 Å². The van der Waals surface area contributed by atoms with Crippen molar-refractivity contribution in [2.75, 3.05) is 0 Å². The summed E-state index contributed by atoms with van der Waals surface area (Å²) in [5.41, 5.74) is -0.0671. The summed E-state index contributed by atoms with van der Waals surface area (Å²) in [6, 6.07) is 5.81. The Hall–Kier alpha value is -2.30. The molecule has 0 amide bonds. The van der Waals surface area contributed by atoms with Crippen molar-refractivity contribution in [3.8, 4) is 5.75 Å². The highest BCUT2D eigenvalue weighted by atomic mass is 16.4. The number of carboxylic acid groups (broad SMARTS) is 1. The lowest BCUT2D eigenvalue weighted by molar-refractivity contribution is 0.0693. The van der Waals surface area contributed by atoms with Crippen LogP contribution in [0.3, 0.4) is 0 Å². The second-order valence-corrected chi connectivity index (χ2v) is 6.80. The average molecular weight is 375 g/mol. The summed E-state index contributed by atoms with van der Waals surface area (Å²) in [7, 11) is 0. The van der Waals surface area contributed by atoms with Gasteiger partial charge < -0.3 is 14.8 Å². The number of carboxylic acids is 1. The Bertz CT molecular complexity index is 612. The molecule has 0 aliphatic heterocycles. The Balaban J connectivity index is 0.000000309. The number of nitrogens with zero attached hydrogens (tertiary/aromatic N) is 2. The largest absolute Gasteiger partial charge is 0.507 e. The minimum Gasteiger partial charge on any atom is -0.507 e. The van der Waals surface area contributed by atoms with Crippen LogP contribution in [0.5, 0.6) is 5.75 Å². The van der Waals surface area contributed by atoms with Crippen LogP contribution in [0, 0.1) is 0 Å². The molecule has 0 bridgehead atoms. The van der Waals surface area contributed by atoms with Gasteiger partial charge in [0.25, 0.3) is 0 Å². The van der Waals surface area contributed by atoms with E-state index in [1.807, 2.05) is 18.7 Å². The number of benzene rings is 1. The van der Waals surface area contributed by atoms with Crippen molar-refractivity contribution in [1.82, 2.24) is 9.55 Å². The highest BCUT2D eigenvalue weighted by molar-refractivity contribution is 5.90. The molecule has 1 aromatic heterocycles. The van der Waals surface area contributed by atoms with E-state index in [0.717, 1.165) is 6.54 Å². The van der Waals surface area contributed by atoms with E-state index in [-0.39, 0.29) is 11.3 Å². The minimum absolute atomic E-state index is 0.0671. The molecule has 1 heterocycles. The van der Waals surface area contributed by atoms with Gasteiger partial charge in [0.05, 0.1) is 6.33 Å². The number of phenols is 1. The zero-order valence-corrected chi connectivity index (χ0v) is 16.5. The van der Waals surface area contributed by atoms with Crippen molar-refractivity contribution in [1.29, 1.82) is 0 Å². The molecular formula is C22H34N2O3. The van der Waals surface area contributed by atoms with Gasteiger partial charge in [0.15, 0.2) is 0 Å². The molecule has 0 fully saturated rings. The lowest BCUT2D eigenvalue weighted by Gasteiger charge is -2.03. The van der Waals surface area contributed by atoms with E-state index in [1.54, 1.807) is 12.1 Å². The van der Waals surface area contributed by atoms with E-state index in [2.05, 4.69) is 16.5 Å². The highest BCUT2D eigenvalue weighted by Gasteiger charge is 2.05. The van der Waals surface area contributed by atoms with E-state index in [4.69, 9.17) is 10.2 Å². The summed E-state index contributed by atoms with van der Waals surface area (Å²) in [6.45, 7) is 3.41. The van der Waals surface area contributed by atoms with Gasteiger partial charge >= 0.3 is 5.97 Å². The Morgan fingerprint density at radius 3 is 2.04 bits per heavy atom. The smallest absolute Gasteiger partial charge is 0.339 e. The summed E-state index contributed by atoms with van der Waals surface area (Å²) in [4.78, 5) is 14.3. The molecule has 0 spiro atoms. The van der Waals surface area contributed by atoms with Crippen LogP contribution in [-0.2, 0) is 6.54 Å². The third-order valence-corrected chi connectivity index (χ3v) is 4.46. The molecule has 2 rings (SSSR count). The van der Waals surface area contributed by atoms with Crippen LogP contribution < -0.4 is 0 Å². The van der Waals surface area contributed by atoms with Crippen molar-refractivity contribution in [2.45, 2.75) is 77.7 Å². The average Bonchev–Trinajstić information content (AvgIpc) is 3.17. The van der Waals surface area contributed by atoms with Gasteiger partial charge in [-0.2, -0.15) is 0 Å². The summed E-state index contributed by atoms with van der Waals surface area (Å²) < 4.78 is 2.17. The summed E-state index contributed by atoms with van der Waals surface area (Å²) >= 11 is 0. The fourth-order valence-corrected chi connectivity index (χ4v) is 2.86. The first kappa shape index (κ1) is 22.7. The van der Waals surface area contributed by atoms with Gasteiger partial charge in [0.2, 0.25) is 0 Å². The molecule has 0 unspecified atom stereocenters. The van der Waals surface area contributed by atoms with Gasteiger partial charge in [-0.15, -0.1) is 0 Å².